The number of benzene rings is 1. The predicted molar refractivity (Wildman–Crippen MR) is 145 cm³/mol. The first-order valence-corrected chi connectivity index (χ1v) is 14.3. The Balaban J connectivity index is 1.40. The minimum absolute atomic E-state index is 0.0603. The molecule has 0 atom stereocenters. The summed E-state index contributed by atoms with van der Waals surface area (Å²) in [7, 11) is 1.61. The number of amides is 2. The van der Waals surface area contributed by atoms with E-state index >= 15 is 0 Å². The average molecular weight is 546 g/mol. The average Bonchev–Trinajstić information content (AvgIpc) is 3.52. The number of nitrogens with one attached hydrogen (secondary N) is 1. The topological polar surface area (TPSA) is 99.0 Å². The van der Waals surface area contributed by atoms with E-state index in [1.807, 2.05) is 22.8 Å². The number of anilines is 1. The number of fused-ring (bicyclic) bond motifs is 2. The highest BCUT2D eigenvalue weighted by Gasteiger charge is 2.28. The number of rotatable bonds is 10. The van der Waals surface area contributed by atoms with Crippen LogP contribution in [0.2, 0.25) is 0 Å². The van der Waals surface area contributed by atoms with Crippen molar-refractivity contribution in [2.24, 2.45) is 4.99 Å². The van der Waals surface area contributed by atoms with E-state index in [1.165, 1.54) is 34.4 Å². The Morgan fingerprint density at radius 3 is 2.83 bits per heavy atom. The van der Waals surface area contributed by atoms with Crippen LogP contribution in [0, 0.1) is 0 Å². The third-order valence-corrected chi connectivity index (χ3v) is 8.70. The molecular weight excluding hydrogens is 518 g/mol. The lowest BCUT2D eigenvalue weighted by molar-refractivity contribution is -0.115. The van der Waals surface area contributed by atoms with Gasteiger partial charge < -0.3 is 19.4 Å². The molecule has 1 aromatic carbocycles. The van der Waals surface area contributed by atoms with Gasteiger partial charge in [0.1, 0.15) is 10.8 Å². The van der Waals surface area contributed by atoms with Crippen molar-refractivity contribution in [2.75, 3.05) is 30.5 Å². The molecule has 2 heterocycles. The van der Waals surface area contributed by atoms with Crippen LogP contribution < -0.4 is 14.9 Å². The Kier molecular flexibility index (Phi) is 8.65. The minimum atomic E-state index is -0.400. The van der Waals surface area contributed by atoms with Gasteiger partial charge in [-0.1, -0.05) is 17.4 Å². The number of carbonyl (C=O) groups is 3. The van der Waals surface area contributed by atoms with Crippen molar-refractivity contribution >= 4 is 67.4 Å². The summed E-state index contributed by atoms with van der Waals surface area (Å²) in [5, 5.41) is 3.38. The number of thioether (sulfide) groups is 1. The standard InChI is InChI=1S/C25H27N3O5S3/c1-4-11-28-17-10-9-15(32-3)12-19(17)36-25(28)27-21(30)14-34-13-20(29)26-23-22(24(31)33-5-2)16-7-6-8-18(16)35-23/h4,9-10,12H,1,5-8,11,13-14H2,2-3H3,(H,26,29). The van der Waals surface area contributed by atoms with Crippen molar-refractivity contribution in [3.63, 3.8) is 0 Å². The second-order valence-electron chi connectivity index (χ2n) is 7.95. The lowest BCUT2D eigenvalue weighted by Crippen LogP contribution is -2.19. The normalized spacial score (nSPS) is 13.0. The molecule has 0 radical (unpaired) electrons. The fraction of sp³-hybridized carbons (Fsp3) is 0.360. The quantitative estimate of drug-likeness (QED) is 0.299. The molecule has 36 heavy (non-hydrogen) atoms. The fourth-order valence-electron chi connectivity index (χ4n) is 4.02. The smallest absolute Gasteiger partial charge is 0.341 e. The molecular formula is C25H27N3O5S3. The van der Waals surface area contributed by atoms with E-state index in [-0.39, 0.29) is 29.9 Å². The van der Waals surface area contributed by atoms with E-state index in [9.17, 15) is 14.4 Å². The number of ether oxygens (including phenoxy) is 2. The van der Waals surface area contributed by atoms with Crippen LogP contribution in [0.5, 0.6) is 5.75 Å². The van der Waals surface area contributed by atoms with Crippen LogP contribution in [0.1, 0.15) is 34.1 Å². The number of nitrogens with zero attached hydrogens (tertiary/aromatic N) is 2. The molecule has 0 unspecified atom stereocenters. The fourth-order valence-corrected chi connectivity index (χ4v) is 6.99. The number of aromatic nitrogens is 1. The van der Waals surface area contributed by atoms with Gasteiger partial charge in [0.15, 0.2) is 4.80 Å². The number of hydrogen-bond acceptors (Lipinski definition) is 8. The van der Waals surface area contributed by atoms with E-state index in [0.717, 1.165) is 45.7 Å². The molecule has 0 saturated heterocycles. The molecule has 2 amide bonds. The molecule has 11 heteroatoms. The molecule has 0 spiro atoms. The summed E-state index contributed by atoms with van der Waals surface area (Å²) in [4.78, 5) is 43.6. The summed E-state index contributed by atoms with van der Waals surface area (Å²) in [5.74, 6) is -0.133. The number of thiazole rings is 1. The number of methoxy groups -OCH3 is 1. The summed E-state index contributed by atoms with van der Waals surface area (Å²) in [6.07, 6.45) is 4.48. The van der Waals surface area contributed by atoms with E-state index in [1.54, 1.807) is 20.1 Å². The third kappa shape index (κ3) is 5.74. The largest absolute Gasteiger partial charge is 0.497 e. The van der Waals surface area contributed by atoms with E-state index in [0.29, 0.717) is 21.9 Å². The van der Waals surface area contributed by atoms with Gasteiger partial charge in [-0.05, 0) is 49.9 Å². The first-order valence-electron chi connectivity index (χ1n) is 11.5. The lowest BCUT2D eigenvalue weighted by atomic mass is 10.1. The second kappa shape index (κ2) is 11.9. The molecule has 0 aliphatic heterocycles. The number of aryl methyl sites for hydroxylation is 1. The highest BCUT2D eigenvalue weighted by molar-refractivity contribution is 8.00. The van der Waals surface area contributed by atoms with Crippen molar-refractivity contribution in [2.45, 2.75) is 32.7 Å². The van der Waals surface area contributed by atoms with Crippen LogP contribution in [-0.4, -0.2) is 47.6 Å². The Bertz CT molecular complexity index is 1390. The molecule has 1 N–H and O–H groups in total. The molecule has 1 aliphatic carbocycles. The van der Waals surface area contributed by atoms with Gasteiger partial charge in [0.25, 0.3) is 5.91 Å². The Morgan fingerprint density at radius 1 is 1.25 bits per heavy atom. The molecule has 4 rings (SSSR count). The van der Waals surface area contributed by atoms with E-state index < -0.39 is 5.97 Å². The number of allylic oxidation sites excluding steroid dienone is 1. The summed E-state index contributed by atoms with van der Waals surface area (Å²) in [6, 6.07) is 5.71. The van der Waals surface area contributed by atoms with Gasteiger partial charge in [-0.2, -0.15) is 4.99 Å². The first kappa shape index (κ1) is 26.2. The molecule has 0 fully saturated rings. The Hall–Kier alpha value is -2.89. The van der Waals surface area contributed by atoms with Crippen molar-refractivity contribution < 1.29 is 23.9 Å². The van der Waals surface area contributed by atoms with Crippen LogP contribution >= 0.6 is 34.4 Å². The maximum absolute atomic E-state index is 12.6. The number of esters is 1. The summed E-state index contributed by atoms with van der Waals surface area (Å²) in [6.45, 7) is 6.35. The van der Waals surface area contributed by atoms with Gasteiger partial charge in [-0.15, -0.1) is 29.7 Å². The van der Waals surface area contributed by atoms with E-state index in [2.05, 4.69) is 16.9 Å². The molecule has 1 aliphatic rings. The maximum Gasteiger partial charge on any atom is 0.341 e. The van der Waals surface area contributed by atoms with Gasteiger partial charge >= 0.3 is 5.97 Å². The van der Waals surface area contributed by atoms with Gasteiger partial charge in [0, 0.05) is 11.4 Å². The summed E-state index contributed by atoms with van der Waals surface area (Å²) >= 11 is 4.02. The monoisotopic (exact) mass is 545 g/mol. The zero-order valence-electron chi connectivity index (χ0n) is 20.1. The van der Waals surface area contributed by atoms with Crippen LogP contribution in [0.25, 0.3) is 10.2 Å². The predicted octanol–water partition coefficient (Wildman–Crippen LogP) is 4.42. The second-order valence-corrected chi connectivity index (χ2v) is 11.0. The highest BCUT2D eigenvalue weighted by atomic mass is 32.2. The van der Waals surface area contributed by atoms with Crippen molar-refractivity contribution in [3.05, 3.63) is 51.7 Å². The summed E-state index contributed by atoms with van der Waals surface area (Å²) < 4.78 is 13.4. The van der Waals surface area contributed by atoms with Crippen molar-refractivity contribution in [1.82, 2.24) is 4.57 Å². The van der Waals surface area contributed by atoms with Crippen LogP contribution in [-0.2, 0) is 33.7 Å². The molecule has 2 aromatic heterocycles. The molecule has 0 bridgehead atoms. The Labute approximate surface area is 221 Å². The van der Waals surface area contributed by atoms with Gasteiger partial charge in [-0.3, -0.25) is 9.59 Å². The number of thiophene rings is 1. The van der Waals surface area contributed by atoms with Gasteiger partial charge in [0.2, 0.25) is 5.91 Å². The van der Waals surface area contributed by atoms with Gasteiger partial charge in [-0.25, -0.2) is 4.79 Å². The van der Waals surface area contributed by atoms with E-state index in [4.69, 9.17) is 9.47 Å². The Morgan fingerprint density at radius 2 is 2.08 bits per heavy atom. The molecule has 190 valence electrons. The molecule has 0 saturated carbocycles. The maximum atomic E-state index is 12.6. The van der Waals surface area contributed by atoms with Crippen molar-refractivity contribution in [1.29, 1.82) is 0 Å². The first-order chi connectivity index (χ1) is 17.4. The van der Waals surface area contributed by atoms with Crippen LogP contribution in [0.15, 0.2) is 35.8 Å². The van der Waals surface area contributed by atoms with Gasteiger partial charge in [0.05, 0.1) is 41.0 Å². The van der Waals surface area contributed by atoms with Crippen molar-refractivity contribution in [3.8, 4) is 5.75 Å². The zero-order valence-corrected chi connectivity index (χ0v) is 22.6. The number of hydrogen-bond donors (Lipinski definition) is 1. The summed E-state index contributed by atoms with van der Waals surface area (Å²) in [5.41, 5.74) is 2.41. The number of carbonyl (C=O) groups excluding carboxylic acids is 3. The zero-order chi connectivity index (χ0) is 25.7. The lowest BCUT2D eigenvalue weighted by Gasteiger charge is -2.07. The van der Waals surface area contributed by atoms with Crippen LogP contribution in [0.3, 0.4) is 0 Å². The minimum Gasteiger partial charge on any atom is -0.497 e. The molecule has 8 nitrogen and oxygen atoms in total. The SMILES string of the molecule is C=CCn1c(=NC(=O)CSCC(=O)Nc2sc3c(c2C(=O)OCC)CCC3)sc2cc(OC)ccc21. The highest BCUT2D eigenvalue weighted by Crippen LogP contribution is 2.39. The third-order valence-electron chi connectivity index (χ3n) is 5.53. The molecule has 3 aromatic rings. The van der Waals surface area contributed by atoms with Crippen LogP contribution in [0.4, 0.5) is 5.00 Å².